The minimum absolute atomic E-state index is 0.00451. The van der Waals surface area contributed by atoms with E-state index in [9.17, 15) is 26.3 Å². The maximum atomic E-state index is 15.0. The van der Waals surface area contributed by atoms with Crippen molar-refractivity contribution in [1.29, 1.82) is 0 Å². The number of benzene rings is 3. The highest BCUT2D eigenvalue weighted by Gasteiger charge is 2.34. The van der Waals surface area contributed by atoms with E-state index < -0.39 is 29.2 Å². The fourth-order valence-electron chi connectivity index (χ4n) is 3.93. The van der Waals surface area contributed by atoms with Crippen LogP contribution in [0.2, 0.25) is 0 Å². The summed E-state index contributed by atoms with van der Waals surface area (Å²) in [5, 5.41) is 4.19. The van der Waals surface area contributed by atoms with Gasteiger partial charge in [-0.3, -0.25) is 4.68 Å². The van der Waals surface area contributed by atoms with Gasteiger partial charge in [0.25, 0.3) is 0 Å². The van der Waals surface area contributed by atoms with E-state index in [1.54, 1.807) is 0 Å². The van der Waals surface area contributed by atoms with Crippen LogP contribution in [0.1, 0.15) is 11.1 Å². The second kappa shape index (κ2) is 9.23. The van der Waals surface area contributed by atoms with E-state index in [1.165, 1.54) is 54.5 Å². The molecule has 2 aliphatic rings. The minimum atomic E-state index is -4.71. The van der Waals surface area contributed by atoms with E-state index in [0.717, 1.165) is 24.3 Å². The molecule has 0 unspecified atom stereocenters. The summed E-state index contributed by atoms with van der Waals surface area (Å²) in [6.45, 7) is 0.0679. The van der Waals surface area contributed by atoms with Gasteiger partial charge in [-0.05, 0) is 47.5 Å². The van der Waals surface area contributed by atoms with Crippen molar-refractivity contribution in [3.63, 3.8) is 0 Å². The third kappa shape index (κ3) is 4.72. The fourth-order valence-corrected chi connectivity index (χ4v) is 3.93. The lowest BCUT2D eigenvalue weighted by atomic mass is 9.97. The lowest BCUT2D eigenvalue weighted by molar-refractivity contribution is -0.137. The van der Waals surface area contributed by atoms with E-state index in [1.807, 2.05) is 0 Å². The Balaban J connectivity index is 1.44. The summed E-state index contributed by atoms with van der Waals surface area (Å²) in [5.74, 6) is -2.94. The highest BCUT2D eigenvalue weighted by molar-refractivity contribution is 5.70. The number of halogens is 6. The van der Waals surface area contributed by atoms with Crippen molar-refractivity contribution < 1.29 is 31.1 Å². The molecule has 188 valence electrons. The van der Waals surface area contributed by atoms with Gasteiger partial charge in [-0.2, -0.15) is 18.3 Å². The van der Waals surface area contributed by atoms with E-state index in [0.29, 0.717) is 17.0 Å². The van der Waals surface area contributed by atoms with E-state index >= 15 is 0 Å². The molecule has 3 aromatic carbocycles. The van der Waals surface area contributed by atoms with Gasteiger partial charge < -0.3 is 4.74 Å². The molecular formula is C26H16F6N4O. The number of rotatable bonds is 5. The molecule has 11 heteroatoms. The molecule has 0 N–H and O–H groups in total. The van der Waals surface area contributed by atoms with Gasteiger partial charge in [-0.15, -0.1) is 0 Å². The average molecular weight is 514 g/mol. The zero-order valence-electron chi connectivity index (χ0n) is 19.0. The molecule has 0 aliphatic carbocycles. The summed E-state index contributed by atoms with van der Waals surface area (Å²) in [4.78, 5) is 8.41. The number of imidazole rings is 1. The summed E-state index contributed by atoms with van der Waals surface area (Å²) in [6, 6.07) is 10.9. The number of hydrogen-bond donors (Lipinski definition) is 0. The van der Waals surface area contributed by atoms with Crippen molar-refractivity contribution in [3.05, 3.63) is 95.6 Å². The van der Waals surface area contributed by atoms with E-state index in [-0.39, 0.29) is 34.8 Å². The monoisotopic (exact) mass is 514 g/mol. The van der Waals surface area contributed by atoms with Crippen LogP contribution in [0.4, 0.5) is 26.3 Å². The smallest absolute Gasteiger partial charge is 0.417 e. The lowest BCUT2D eigenvalue weighted by Crippen LogP contribution is -2.09. The van der Waals surface area contributed by atoms with Crippen LogP contribution in [0.3, 0.4) is 0 Å². The van der Waals surface area contributed by atoms with E-state index in [4.69, 9.17) is 4.74 Å². The Morgan fingerprint density at radius 1 is 0.838 bits per heavy atom. The Hall–Kier alpha value is -4.41. The molecule has 0 fully saturated rings. The molecule has 0 spiro atoms. The van der Waals surface area contributed by atoms with Gasteiger partial charge in [0.1, 0.15) is 23.0 Å². The van der Waals surface area contributed by atoms with Crippen LogP contribution in [0.5, 0.6) is 5.75 Å². The summed E-state index contributed by atoms with van der Waals surface area (Å²) in [5.41, 5.74) is -0.521. The fraction of sp³-hybridized carbons (Fsp3) is 0.115. The Labute approximate surface area is 206 Å². The standard InChI is InChI=1S/C26H16F6N4O/c1-37-15-6-8-16(19(10-15)26(30,31)32)17-7-5-14(9-21(17)28)12-36-13-23-22(11-33-36)34-25(35-23)18-3-2-4-20(27)24(18)29/h2-11,13H,12H2,1H3. The predicted octanol–water partition coefficient (Wildman–Crippen LogP) is 6.60. The maximum absolute atomic E-state index is 15.0. The molecule has 2 aliphatic heterocycles. The van der Waals surface area contributed by atoms with Gasteiger partial charge in [0.2, 0.25) is 0 Å². The number of nitrogens with zero attached hydrogens (tertiary/aromatic N) is 4. The maximum Gasteiger partial charge on any atom is 0.417 e. The molecule has 0 bridgehead atoms. The zero-order chi connectivity index (χ0) is 26.3. The molecule has 0 amide bonds. The number of ether oxygens (including phenoxy) is 1. The van der Waals surface area contributed by atoms with Gasteiger partial charge in [-0.1, -0.05) is 18.2 Å². The third-order valence-corrected chi connectivity index (χ3v) is 5.71. The first-order valence-corrected chi connectivity index (χ1v) is 10.8. The molecule has 0 saturated carbocycles. The quantitative estimate of drug-likeness (QED) is 0.248. The number of alkyl halides is 3. The first-order valence-electron chi connectivity index (χ1n) is 10.8. The van der Waals surface area contributed by atoms with Crippen molar-refractivity contribution in [2.45, 2.75) is 12.7 Å². The van der Waals surface area contributed by atoms with Crippen molar-refractivity contribution in [1.82, 2.24) is 19.7 Å². The second-order valence-electron chi connectivity index (χ2n) is 8.11. The SMILES string of the molecule is COc1ccc(-c2ccc(Cn3cc4nc(-c5cccc(F)c5F)nc-4cn3)cc2F)c(C(F)(F)F)c1. The van der Waals surface area contributed by atoms with Crippen LogP contribution >= 0.6 is 0 Å². The second-order valence-corrected chi connectivity index (χ2v) is 8.11. The molecule has 37 heavy (non-hydrogen) atoms. The molecular weight excluding hydrogens is 498 g/mol. The third-order valence-electron chi connectivity index (χ3n) is 5.71. The topological polar surface area (TPSA) is 52.8 Å². The molecule has 0 aromatic heterocycles. The predicted molar refractivity (Wildman–Crippen MR) is 122 cm³/mol. The van der Waals surface area contributed by atoms with Crippen LogP contribution < -0.4 is 4.74 Å². The Morgan fingerprint density at radius 2 is 1.59 bits per heavy atom. The van der Waals surface area contributed by atoms with Crippen LogP contribution in [-0.2, 0) is 12.7 Å². The molecule has 5 nitrogen and oxygen atoms in total. The number of hydrogen-bond acceptors (Lipinski definition) is 4. The Bertz CT molecular complexity index is 1580. The van der Waals surface area contributed by atoms with Gasteiger partial charge in [0.05, 0.1) is 37.2 Å². The van der Waals surface area contributed by atoms with Crippen molar-refractivity contribution in [2.24, 2.45) is 0 Å². The summed E-state index contributed by atoms with van der Waals surface area (Å²) in [6.07, 6.45) is -1.83. The van der Waals surface area contributed by atoms with Gasteiger partial charge >= 0.3 is 6.18 Å². The normalized spacial score (nSPS) is 11.8. The largest absolute Gasteiger partial charge is 0.497 e. The number of aromatic nitrogens is 4. The highest BCUT2D eigenvalue weighted by atomic mass is 19.4. The lowest BCUT2D eigenvalue weighted by Gasteiger charge is -2.15. The molecule has 3 aromatic rings. The Morgan fingerprint density at radius 3 is 2.32 bits per heavy atom. The van der Waals surface area contributed by atoms with Gasteiger partial charge in [0.15, 0.2) is 17.5 Å². The molecule has 0 atom stereocenters. The van der Waals surface area contributed by atoms with Crippen LogP contribution in [-0.4, -0.2) is 26.9 Å². The minimum Gasteiger partial charge on any atom is -0.497 e. The van der Waals surface area contributed by atoms with Crippen LogP contribution in [0.15, 0.2) is 67.0 Å². The van der Waals surface area contributed by atoms with Crippen LogP contribution in [0, 0.1) is 17.5 Å². The first kappa shape index (κ1) is 24.3. The summed E-state index contributed by atoms with van der Waals surface area (Å²) in [7, 11) is 1.25. The number of fused-ring (bicyclic) bond motifs is 1. The summed E-state index contributed by atoms with van der Waals surface area (Å²) < 4.78 is 89.7. The Kier molecular flexibility index (Phi) is 6.06. The molecule has 2 heterocycles. The average Bonchev–Trinajstić information content (AvgIpc) is 3.28. The van der Waals surface area contributed by atoms with E-state index in [2.05, 4.69) is 15.1 Å². The zero-order valence-corrected chi connectivity index (χ0v) is 19.0. The van der Waals surface area contributed by atoms with Crippen molar-refractivity contribution in [3.8, 4) is 39.7 Å². The highest BCUT2D eigenvalue weighted by Crippen LogP contribution is 2.40. The van der Waals surface area contributed by atoms with Gasteiger partial charge in [0, 0.05) is 5.56 Å². The van der Waals surface area contributed by atoms with Crippen molar-refractivity contribution >= 4 is 0 Å². The summed E-state index contributed by atoms with van der Waals surface area (Å²) >= 11 is 0. The van der Waals surface area contributed by atoms with Crippen molar-refractivity contribution in [2.75, 3.05) is 7.11 Å². The molecule has 0 saturated heterocycles. The molecule has 5 rings (SSSR count). The van der Waals surface area contributed by atoms with Gasteiger partial charge in [-0.25, -0.2) is 23.1 Å². The number of methoxy groups -OCH3 is 1. The van der Waals surface area contributed by atoms with Crippen LogP contribution in [0.25, 0.3) is 33.9 Å². The first-order chi connectivity index (χ1) is 17.6. The molecule has 0 radical (unpaired) electrons.